The fourth-order valence-electron chi connectivity index (χ4n) is 4.16. The number of piperazine rings is 1. The Morgan fingerprint density at radius 1 is 1.08 bits per heavy atom. The Labute approximate surface area is 244 Å². The summed E-state index contributed by atoms with van der Waals surface area (Å²) in [5.41, 5.74) is -0.814. The molecule has 1 aliphatic heterocycles. The molecule has 14 heteroatoms. The fraction of sp³-hybridized carbons (Fsp3) is 0.250. The number of sulfonamides is 1. The van der Waals surface area contributed by atoms with E-state index in [4.69, 9.17) is 11.6 Å². The quantitative estimate of drug-likeness (QED) is 0.383. The molecule has 0 unspecified atom stereocenters. The number of hydrogen-bond donors (Lipinski definition) is 0. The summed E-state index contributed by atoms with van der Waals surface area (Å²) < 4.78 is 70.3. The second-order valence-corrected chi connectivity index (χ2v) is 10.7. The molecule has 0 aliphatic carbocycles. The molecule has 1 fully saturated rings. The molecule has 4 rings (SSSR count). The largest absolute Gasteiger partial charge is 1.00 e. The Bertz CT molecular complexity index is 1500. The van der Waals surface area contributed by atoms with Crippen molar-refractivity contribution in [3.8, 4) is 17.2 Å². The van der Waals surface area contributed by atoms with E-state index >= 15 is 0 Å². The number of para-hydroxylation sites is 1. The van der Waals surface area contributed by atoms with Crippen LogP contribution < -0.4 is 39.6 Å². The summed E-state index contributed by atoms with van der Waals surface area (Å²) in [4.78, 5) is 12.2. The number of carboxylic acid groups (broad SMARTS) is 1. The summed E-state index contributed by atoms with van der Waals surface area (Å²) in [6.45, 7) is -0.0392. The second-order valence-electron chi connectivity index (χ2n) is 8.33. The first-order valence-corrected chi connectivity index (χ1v) is 12.7. The van der Waals surface area contributed by atoms with Gasteiger partial charge in [0.2, 0.25) is 10.0 Å². The number of carbonyl (C=O) groups is 1. The van der Waals surface area contributed by atoms with Crippen molar-refractivity contribution in [2.24, 2.45) is 0 Å². The zero-order chi connectivity index (χ0) is 27.0. The molecule has 0 N–H and O–H groups in total. The first-order valence-electron chi connectivity index (χ1n) is 10.9. The van der Waals surface area contributed by atoms with Crippen LogP contribution in [-0.2, 0) is 27.5 Å². The summed E-state index contributed by atoms with van der Waals surface area (Å²) in [7, 11) is -4.34. The first kappa shape index (κ1) is 30.0. The van der Waals surface area contributed by atoms with Crippen molar-refractivity contribution < 1.29 is 61.0 Å². The predicted molar refractivity (Wildman–Crippen MR) is 127 cm³/mol. The number of aromatic nitrogens is 1. The van der Waals surface area contributed by atoms with Crippen LogP contribution in [0.25, 0.3) is 11.1 Å². The molecule has 2 heterocycles. The van der Waals surface area contributed by atoms with Gasteiger partial charge in [0.15, 0.2) is 0 Å². The van der Waals surface area contributed by atoms with Gasteiger partial charge in [-0.25, -0.2) is 8.42 Å². The van der Waals surface area contributed by atoms with E-state index in [2.05, 4.69) is 0 Å². The third-order valence-corrected chi connectivity index (χ3v) is 8.12. The summed E-state index contributed by atoms with van der Waals surface area (Å²) in [5.74, 6) is -1.46. The van der Waals surface area contributed by atoms with E-state index in [-0.39, 0.29) is 72.4 Å². The minimum Gasteiger partial charge on any atom is -0.548 e. The van der Waals surface area contributed by atoms with Gasteiger partial charge >= 0.3 is 35.7 Å². The molecular formula is C24H19ClF3N4NaO4S. The van der Waals surface area contributed by atoms with Crippen molar-refractivity contribution in [1.82, 2.24) is 8.87 Å². The fourth-order valence-corrected chi connectivity index (χ4v) is 5.91. The van der Waals surface area contributed by atoms with Crippen LogP contribution in [0.5, 0.6) is 0 Å². The number of hydrogen-bond acceptors (Lipinski definition) is 6. The van der Waals surface area contributed by atoms with Crippen LogP contribution >= 0.6 is 11.6 Å². The van der Waals surface area contributed by atoms with Gasteiger partial charge in [-0.3, -0.25) is 0 Å². The monoisotopic (exact) mass is 574 g/mol. The minimum absolute atomic E-state index is 0. The Morgan fingerprint density at radius 2 is 1.74 bits per heavy atom. The van der Waals surface area contributed by atoms with Crippen LogP contribution in [0.4, 0.5) is 18.9 Å². The van der Waals surface area contributed by atoms with Crippen LogP contribution in [-0.4, -0.2) is 49.4 Å². The average Bonchev–Trinajstić information content (AvgIpc) is 3.26. The van der Waals surface area contributed by atoms with Crippen LogP contribution in [0.15, 0.2) is 59.8 Å². The van der Waals surface area contributed by atoms with E-state index < -0.39 is 39.2 Å². The molecular weight excluding hydrogens is 556 g/mol. The minimum atomic E-state index is -4.87. The molecule has 1 aromatic heterocycles. The molecule has 2 aromatic carbocycles. The van der Waals surface area contributed by atoms with Gasteiger partial charge in [-0.1, -0.05) is 23.7 Å². The number of nitrogens with zero attached hydrogens (tertiary/aromatic N) is 4. The molecule has 0 saturated carbocycles. The van der Waals surface area contributed by atoms with Gasteiger partial charge in [-0.05, 0) is 35.9 Å². The van der Waals surface area contributed by atoms with Gasteiger partial charge < -0.3 is 19.4 Å². The molecule has 0 atom stereocenters. The third kappa shape index (κ3) is 6.36. The smallest absolute Gasteiger partial charge is 0.548 e. The molecule has 38 heavy (non-hydrogen) atoms. The van der Waals surface area contributed by atoms with E-state index in [1.54, 1.807) is 30.3 Å². The molecule has 0 radical (unpaired) electrons. The van der Waals surface area contributed by atoms with Gasteiger partial charge in [0.25, 0.3) is 0 Å². The number of aliphatic carboxylic acids is 1. The Morgan fingerprint density at radius 3 is 2.32 bits per heavy atom. The Hall–Kier alpha value is -2.53. The van der Waals surface area contributed by atoms with E-state index in [0.717, 1.165) is 32.9 Å². The molecule has 0 amide bonds. The third-order valence-electron chi connectivity index (χ3n) is 5.93. The van der Waals surface area contributed by atoms with Crippen LogP contribution in [0.2, 0.25) is 5.02 Å². The first-order chi connectivity index (χ1) is 17.4. The van der Waals surface area contributed by atoms with Crippen molar-refractivity contribution in [1.29, 1.82) is 5.26 Å². The molecule has 194 valence electrons. The summed E-state index contributed by atoms with van der Waals surface area (Å²) in [6, 6.07) is 11.2. The Kier molecular flexibility index (Phi) is 9.24. The Balaban J connectivity index is 0.00000400. The van der Waals surface area contributed by atoms with E-state index in [9.17, 15) is 36.8 Å². The molecule has 1 saturated heterocycles. The number of carbonyl (C=O) groups excluding carboxylic acids is 1. The molecule has 0 bridgehead atoms. The van der Waals surface area contributed by atoms with E-state index in [1.165, 1.54) is 6.20 Å². The maximum Gasteiger partial charge on any atom is 1.00 e. The summed E-state index contributed by atoms with van der Waals surface area (Å²) in [6.07, 6.45) is -2.56. The second kappa shape index (κ2) is 11.7. The van der Waals surface area contributed by atoms with Crippen molar-refractivity contribution in [3.05, 3.63) is 71.0 Å². The number of anilines is 1. The van der Waals surface area contributed by atoms with Crippen molar-refractivity contribution in [3.63, 3.8) is 0 Å². The normalized spacial score (nSPS) is 14.6. The number of halogens is 4. The molecule has 3 aromatic rings. The van der Waals surface area contributed by atoms with Gasteiger partial charge in [0, 0.05) is 44.1 Å². The number of benzene rings is 2. The topological polar surface area (TPSA) is 109 Å². The summed E-state index contributed by atoms with van der Waals surface area (Å²) >= 11 is 6.23. The average molecular weight is 575 g/mol. The van der Waals surface area contributed by atoms with Crippen molar-refractivity contribution in [2.45, 2.75) is 17.6 Å². The van der Waals surface area contributed by atoms with Crippen LogP contribution in [0, 0.1) is 11.3 Å². The molecule has 8 nitrogen and oxygen atoms in total. The zero-order valence-corrected chi connectivity index (χ0v) is 23.6. The zero-order valence-electron chi connectivity index (χ0n) is 20.1. The maximum atomic E-state index is 13.7. The molecule has 0 spiro atoms. The van der Waals surface area contributed by atoms with Gasteiger partial charge in [0.1, 0.15) is 6.07 Å². The number of alkyl halides is 3. The number of carboxylic acids is 1. The summed E-state index contributed by atoms with van der Waals surface area (Å²) in [5, 5.41) is 20.9. The van der Waals surface area contributed by atoms with Crippen molar-refractivity contribution >= 4 is 33.3 Å². The van der Waals surface area contributed by atoms with Crippen LogP contribution in [0.1, 0.15) is 11.1 Å². The molecule has 1 aliphatic rings. The predicted octanol–water partition coefficient (Wildman–Crippen LogP) is -0.0362. The van der Waals surface area contributed by atoms with Crippen molar-refractivity contribution in [2.75, 3.05) is 31.1 Å². The number of nitriles is 1. The standard InChI is InChI=1S/C24H20ClF3N4O4S.Na/c25-21-3-1-2-4-22(21)31-5-7-32(8-6-31)37(35,36)19-10-16(9-18(11-19)24(26,27)28)20-14-30(15-23(33)34)13-17(20)12-29;/h1-4,9-11,13-14H,5-8,15H2,(H,33,34);/q;+1/p-1. The van der Waals surface area contributed by atoms with E-state index in [1.807, 2.05) is 4.90 Å². The maximum absolute atomic E-state index is 13.7. The van der Waals surface area contributed by atoms with E-state index in [0.29, 0.717) is 11.1 Å². The van der Waals surface area contributed by atoms with Gasteiger partial charge in [-0.2, -0.15) is 22.7 Å². The van der Waals surface area contributed by atoms with Gasteiger partial charge in [-0.15, -0.1) is 0 Å². The SMILES string of the molecule is N#Cc1cn(CC(=O)[O-])cc1-c1cc(C(F)(F)F)cc(S(=O)(=O)N2CCN(c3ccccc3Cl)CC2)c1.[Na+]. The van der Waals surface area contributed by atoms with Gasteiger partial charge in [0.05, 0.1) is 39.2 Å². The number of rotatable bonds is 6. The van der Waals surface area contributed by atoms with Crippen LogP contribution in [0.3, 0.4) is 0 Å².